The minimum atomic E-state index is -0.184. The van der Waals surface area contributed by atoms with Crippen molar-refractivity contribution in [1.82, 2.24) is 5.32 Å². The predicted molar refractivity (Wildman–Crippen MR) is 88.5 cm³/mol. The van der Waals surface area contributed by atoms with Crippen LogP contribution in [0.4, 0.5) is 0 Å². The van der Waals surface area contributed by atoms with E-state index in [0.717, 1.165) is 12.8 Å². The number of carbonyl (C=O) groups is 1. The third kappa shape index (κ3) is 5.11. The Balaban J connectivity index is 1.90. The largest absolute Gasteiger partial charge is 0.380 e. The molecule has 1 aliphatic carbocycles. The van der Waals surface area contributed by atoms with Gasteiger partial charge in [-0.25, -0.2) is 0 Å². The molecule has 1 aromatic carbocycles. The number of methoxy groups -OCH3 is 1. The van der Waals surface area contributed by atoms with Crippen LogP contribution < -0.4 is 11.1 Å². The molecule has 3 atom stereocenters. The average Bonchev–Trinajstić information content (AvgIpc) is 2.55. The molecule has 1 fully saturated rings. The number of ether oxygens (including phenoxy) is 1. The van der Waals surface area contributed by atoms with Crippen molar-refractivity contribution in [1.29, 1.82) is 0 Å². The number of rotatable bonds is 7. The molecule has 22 heavy (non-hydrogen) atoms. The van der Waals surface area contributed by atoms with Crippen molar-refractivity contribution in [2.45, 2.75) is 50.7 Å². The minimum Gasteiger partial charge on any atom is -0.380 e. The van der Waals surface area contributed by atoms with Crippen molar-refractivity contribution in [2.75, 3.05) is 13.7 Å². The number of hydrogen-bond donors (Lipinski definition) is 2. The van der Waals surface area contributed by atoms with Gasteiger partial charge in [0.05, 0.1) is 12.5 Å². The lowest BCUT2D eigenvalue weighted by molar-refractivity contribution is -0.124. The van der Waals surface area contributed by atoms with E-state index < -0.39 is 0 Å². The molecule has 1 aliphatic rings. The Kier molecular flexibility index (Phi) is 6.87. The Bertz CT molecular complexity index is 446. The topological polar surface area (TPSA) is 64.3 Å². The maximum atomic E-state index is 12.2. The first kappa shape index (κ1) is 17.0. The second-order valence-corrected chi connectivity index (χ2v) is 6.21. The van der Waals surface area contributed by atoms with Crippen LogP contribution in [-0.4, -0.2) is 31.7 Å². The number of benzene rings is 1. The van der Waals surface area contributed by atoms with Crippen LogP contribution in [0, 0.1) is 5.92 Å². The molecule has 0 heterocycles. The Labute approximate surface area is 133 Å². The zero-order valence-electron chi connectivity index (χ0n) is 13.5. The summed E-state index contributed by atoms with van der Waals surface area (Å²) < 4.78 is 5.20. The number of carbonyl (C=O) groups excluding carboxylic acids is 1. The van der Waals surface area contributed by atoms with Gasteiger partial charge >= 0.3 is 0 Å². The predicted octanol–water partition coefficient (Wildman–Crippen LogP) is 2.27. The van der Waals surface area contributed by atoms with Gasteiger partial charge in [0.1, 0.15) is 0 Å². The van der Waals surface area contributed by atoms with E-state index in [-0.39, 0.29) is 18.1 Å². The van der Waals surface area contributed by atoms with Crippen LogP contribution in [0.5, 0.6) is 0 Å². The molecule has 4 heteroatoms. The van der Waals surface area contributed by atoms with Gasteiger partial charge in [-0.1, -0.05) is 43.2 Å². The van der Waals surface area contributed by atoms with E-state index in [2.05, 4.69) is 29.6 Å². The third-order valence-electron chi connectivity index (χ3n) is 4.61. The monoisotopic (exact) mass is 304 g/mol. The quantitative estimate of drug-likeness (QED) is 0.812. The van der Waals surface area contributed by atoms with Crippen LogP contribution in [-0.2, 0) is 16.0 Å². The zero-order chi connectivity index (χ0) is 15.8. The zero-order valence-corrected chi connectivity index (χ0v) is 13.5. The van der Waals surface area contributed by atoms with Crippen molar-refractivity contribution in [3.63, 3.8) is 0 Å². The summed E-state index contributed by atoms with van der Waals surface area (Å²) in [5.74, 6) is 0.584. The van der Waals surface area contributed by atoms with E-state index >= 15 is 0 Å². The summed E-state index contributed by atoms with van der Waals surface area (Å²) in [6.45, 7) is 0.377. The second kappa shape index (κ2) is 8.91. The lowest BCUT2D eigenvalue weighted by Gasteiger charge is -2.32. The molecule has 0 aliphatic heterocycles. The van der Waals surface area contributed by atoms with Crippen LogP contribution >= 0.6 is 0 Å². The lowest BCUT2D eigenvalue weighted by atomic mass is 9.80. The summed E-state index contributed by atoms with van der Waals surface area (Å²) in [4.78, 5) is 12.2. The molecule has 0 saturated heterocycles. The maximum absolute atomic E-state index is 12.2. The van der Waals surface area contributed by atoms with Gasteiger partial charge in [0.25, 0.3) is 0 Å². The molecular formula is C18H28N2O2. The van der Waals surface area contributed by atoms with Crippen LogP contribution in [0.3, 0.4) is 0 Å². The number of nitrogens with one attached hydrogen (secondary N) is 1. The smallest absolute Gasteiger partial charge is 0.222 e. The first-order chi connectivity index (χ1) is 10.7. The van der Waals surface area contributed by atoms with Gasteiger partial charge in [0.2, 0.25) is 5.91 Å². The molecule has 1 aromatic rings. The molecule has 2 rings (SSSR count). The maximum Gasteiger partial charge on any atom is 0.222 e. The molecule has 1 amide bonds. The van der Waals surface area contributed by atoms with E-state index in [4.69, 9.17) is 10.5 Å². The molecule has 0 aromatic heterocycles. The van der Waals surface area contributed by atoms with Crippen molar-refractivity contribution in [3.8, 4) is 0 Å². The van der Waals surface area contributed by atoms with Crippen LogP contribution in [0.2, 0.25) is 0 Å². The molecule has 0 radical (unpaired) electrons. The van der Waals surface area contributed by atoms with E-state index in [9.17, 15) is 4.79 Å². The first-order valence-corrected chi connectivity index (χ1v) is 8.29. The van der Waals surface area contributed by atoms with E-state index in [1.807, 2.05) is 6.07 Å². The fourth-order valence-electron chi connectivity index (χ4n) is 3.29. The molecule has 3 unspecified atom stereocenters. The Morgan fingerprint density at radius 3 is 2.73 bits per heavy atom. The van der Waals surface area contributed by atoms with Gasteiger partial charge in [-0.3, -0.25) is 4.79 Å². The average molecular weight is 304 g/mol. The Hall–Kier alpha value is -1.39. The highest BCUT2D eigenvalue weighted by molar-refractivity contribution is 5.76. The molecular weight excluding hydrogens is 276 g/mol. The van der Waals surface area contributed by atoms with Gasteiger partial charge in [-0.2, -0.15) is 0 Å². The SMILES string of the molecule is COC(CN)CC(=O)NC1CCCCC1Cc1ccccc1. The molecule has 122 valence electrons. The highest BCUT2D eigenvalue weighted by Crippen LogP contribution is 2.27. The summed E-state index contributed by atoms with van der Waals surface area (Å²) in [6.07, 6.45) is 5.91. The molecule has 4 nitrogen and oxygen atoms in total. The molecule has 3 N–H and O–H groups in total. The highest BCUT2D eigenvalue weighted by atomic mass is 16.5. The fourth-order valence-corrected chi connectivity index (χ4v) is 3.29. The summed E-state index contributed by atoms with van der Waals surface area (Å²) in [5, 5.41) is 3.21. The van der Waals surface area contributed by atoms with E-state index in [1.165, 1.54) is 24.8 Å². The second-order valence-electron chi connectivity index (χ2n) is 6.21. The Morgan fingerprint density at radius 2 is 2.05 bits per heavy atom. The molecule has 0 bridgehead atoms. The van der Waals surface area contributed by atoms with Gasteiger partial charge in [-0.15, -0.1) is 0 Å². The van der Waals surface area contributed by atoms with E-state index in [1.54, 1.807) is 7.11 Å². The minimum absolute atomic E-state index is 0.0576. The van der Waals surface area contributed by atoms with Gasteiger partial charge < -0.3 is 15.8 Å². The number of nitrogens with two attached hydrogens (primary N) is 1. The third-order valence-corrected chi connectivity index (χ3v) is 4.61. The summed E-state index contributed by atoms with van der Waals surface area (Å²) in [5.41, 5.74) is 6.94. The molecule has 0 spiro atoms. The normalized spacial score (nSPS) is 23.0. The summed E-state index contributed by atoms with van der Waals surface area (Å²) in [7, 11) is 1.60. The van der Waals surface area contributed by atoms with Crippen molar-refractivity contribution >= 4 is 5.91 Å². The van der Waals surface area contributed by atoms with Crippen molar-refractivity contribution in [2.24, 2.45) is 11.7 Å². The Morgan fingerprint density at radius 1 is 1.32 bits per heavy atom. The summed E-state index contributed by atoms with van der Waals surface area (Å²) in [6, 6.07) is 10.8. The van der Waals surface area contributed by atoms with Gasteiger partial charge in [0, 0.05) is 19.7 Å². The standard InChI is InChI=1S/C18H28N2O2/c1-22-16(13-19)12-18(21)20-17-10-6-5-9-15(17)11-14-7-3-2-4-8-14/h2-4,7-8,15-17H,5-6,9-13,19H2,1H3,(H,20,21). The fraction of sp³-hybridized carbons (Fsp3) is 0.611. The number of hydrogen-bond acceptors (Lipinski definition) is 3. The van der Waals surface area contributed by atoms with Crippen molar-refractivity contribution in [3.05, 3.63) is 35.9 Å². The lowest BCUT2D eigenvalue weighted by Crippen LogP contribution is -2.44. The first-order valence-electron chi connectivity index (χ1n) is 8.29. The highest BCUT2D eigenvalue weighted by Gasteiger charge is 2.27. The van der Waals surface area contributed by atoms with Gasteiger partial charge in [0.15, 0.2) is 0 Å². The van der Waals surface area contributed by atoms with Crippen LogP contribution in [0.1, 0.15) is 37.7 Å². The number of amides is 1. The van der Waals surface area contributed by atoms with Crippen molar-refractivity contribution < 1.29 is 9.53 Å². The van der Waals surface area contributed by atoms with E-state index in [0.29, 0.717) is 18.9 Å². The molecule has 1 saturated carbocycles. The van der Waals surface area contributed by atoms with Gasteiger partial charge in [-0.05, 0) is 30.7 Å². The van der Waals surface area contributed by atoms with Crippen LogP contribution in [0.15, 0.2) is 30.3 Å². The van der Waals surface area contributed by atoms with Crippen LogP contribution in [0.25, 0.3) is 0 Å². The summed E-state index contributed by atoms with van der Waals surface area (Å²) >= 11 is 0.